The number of amides is 2. The van der Waals surface area contributed by atoms with E-state index in [4.69, 9.17) is 0 Å². The lowest BCUT2D eigenvalue weighted by Gasteiger charge is -2.37. The molecule has 19 heavy (non-hydrogen) atoms. The molecule has 3 rings (SSSR count). The quantitative estimate of drug-likeness (QED) is 0.795. The average Bonchev–Trinajstić information content (AvgIpc) is 2.79. The number of hydrogen-bond donors (Lipinski definition) is 2. The van der Waals surface area contributed by atoms with Crippen LogP contribution in [0.1, 0.15) is 19.3 Å². The van der Waals surface area contributed by atoms with Gasteiger partial charge in [-0.1, -0.05) is 0 Å². The molecule has 3 fully saturated rings. The molecule has 1 unspecified atom stereocenters. The Balaban J connectivity index is 0.00000133. The van der Waals surface area contributed by atoms with E-state index in [-0.39, 0.29) is 18.4 Å². The monoisotopic (exact) mass is 288 g/mol. The van der Waals surface area contributed by atoms with Crippen LogP contribution in [0.4, 0.5) is 4.79 Å². The van der Waals surface area contributed by atoms with E-state index >= 15 is 0 Å². The fourth-order valence-electron chi connectivity index (χ4n) is 3.41. The van der Waals surface area contributed by atoms with Gasteiger partial charge in [0.05, 0.1) is 6.04 Å². The summed E-state index contributed by atoms with van der Waals surface area (Å²) in [7, 11) is 0. The molecule has 0 aliphatic carbocycles. The summed E-state index contributed by atoms with van der Waals surface area (Å²) in [6.45, 7) is 7.45. The number of halogens is 1. The minimum Gasteiger partial charge on any atom is -0.336 e. The van der Waals surface area contributed by atoms with E-state index < -0.39 is 0 Å². The van der Waals surface area contributed by atoms with Crippen molar-refractivity contribution in [3.8, 4) is 0 Å². The maximum Gasteiger partial charge on any atom is 0.317 e. The van der Waals surface area contributed by atoms with Gasteiger partial charge in [-0.2, -0.15) is 0 Å². The van der Waals surface area contributed by atoms with Gasteiger partial charge in [0.15, 0.2) is 0 Å². The Morgan fingerprint density at radius 3 is 2.79 bits per heavy atom. The highest BCUT2D eigenvalue weighted by molar-refractivity contribution is 5.85. The topological polar surface area (TPSA) is 47.6 Å². The van der Waals surface area contributed by atoms with Gasteiger partial charge in [0.1, 0.15) is 0 Å². The van der Waals surface area contributed by atoms with Crippen LogP contribution in [-0.4, -0.2) is 67.7 Å². The number of carbonyl (C=O) groups excluding carboxylic acids is 1. The number of piperazine rings is 1. The molecule has 5 nitrogen and oxygen atoms in total. The van der Waals surface area contributed by atoms with Crippen LogP contribution in [0.3, 0.4) is 0 Å². The summed E-state index contributed by atoms with van der Waals surface area (Å²) in [5.74, 6) is 0.910. The highest BCUT2D eigenvalue weighted by atomic mass is 35.5. The number of hydrogen-bond acceptors (Lipinski definition) is 3. The van der Waals surface area contributed by atoms with Crippen molar-refractivity contribution in [1.82, 2.24) is 20.4 Å². The van der Waals surface area contributed by atoms with Gasteiger partial charge in [0.25, 0.3) is 0 Å². The van der Waals surface area contributed by atoms with Gasteiger partial charge in [0.2, 0.25) is 0 Å². The van der Waals surface area contributed by atoms with Gasteiger partial charge in [-0.25, -0.2) is 4.79 Å². The van der Waals surface area contributed by atoms with Crippen LogP contribution < -0.4 is 10.6 Å². The molecule has 3 aliphatic rings. The van der Waals surface area contributed by atoms with Gasteiger partial charge >= 0.3 is 6.03 Å². The molecular weight excluding hydrogens is 264 g/mol. The SMILES string of the molecule is Cl.O=C1NCC2CN(CCC3CCNCC3)CCN12. The predicted octanol–water partition coefficient (Wildman–Crippen LogP) is 0.507. The summed E-state index contributed by atoms with van der Waals surface area (Å²) in [6.07, 6.45) is 4.00. The summed E-state index contributed by atoms with van der Waals surface area (Å²) >= 11 is 0. The number of rotatable bonds is 3. The zero-order valence-corrected chi connectivity index (χ0v) is 12.3. The van der Waals surface area contributed by atoms with Crippen molar-refractivity contribution >= 4 is 18.4 Å². The lowest BCUT2D eigenvalue weighted by atomic mass is 9.94. The minimum atomic E-state index is 0. The third-order valence-electron chi connectivity index (χ3n) is 4.63. The summed E-state index contributed by atoms with van der Waals surface area (Å²) in [6, 6.07) is 0.553. The molecule has 0 bridgehead atoms. The maximum atomic E-state index is 11.5. The Morgan fingerprint density at radius 1 is 1.21 bits per heavy atom. The standard InChI is InChI=1S/C13H24N4O.ClH/c18-13-15-9-12-10-16(7-8-17(12)13)6-3-11-1-4-14-5-2-11;/h11-12,14H,1-10H2,(H,15,18);1H. The van der Waals surface area contributed by atoms with E-state index in [1.807, 2.05) is 4.90 Å². The van der Waals surface area contributed by atoms with Gasteiger partial charge < -0.3 is 15.5 Å². The van der Waals surface area contributed by atoms with E-state index in [2.05, 4.69) is 15.5 Å². The summed E-state index contributed by atoms with van der Waals surface area (Å²) in [5.41, 5.74) is 0. The van der Waals surface area contributed by atoms with Crippen LogP contribution in [-0.2, 0) is 0 Å². The molecule has 0 aromatic rings. The first-order chi connectivity index (χ1) is 8.83. The van der Waals surface area contributed by atoms with E-state index in [0.29, 0.717) is 6.04 Å². The van der Waals surface area contributed by atoms with Crippen molar-refractivity contribution < 1.29 is 4.79 Å². The van der Waals surface area contributed by atoms with Crippen molar-refractivity contribution in [2.75, 3.05) is 45.8 Å². The summed E-state index contributed by atoms with van der Waals surface area (Å²) < 4.78 is 0. The average molecular weight is 289 g/mol. The zero-order chi connectivity index (χ0) is 12.4. The Hall–Kier alpha value is -0.520. The van der Waals surface area contributed by atoms with Crippen molar-refractivity contribution in [3.05, 3.63) is 0 Å². The number of nitrogens with one attached hydrogen (secondary N) is 2. The minimum absolute atomic E-state index is 0. The first kappa shape index (κ1) is 14.9. The Bertz CT molecular complexity index is 309. The first-order valence-electron chi connectivity index (χ1n) is 7.30. The molecule has 2 amide bonds. The Morgan fingerprint density at radius 2 is 2.00 bits per heavy atom. The number of fused-ring (bicyclic) bond motifs is 1. The molecule has 0 radical (unpaired) electrons. The predicted molar refractivity (Wildman–Crippen MR) is 77.8 cm³/mol. The van der Waals surface area contributed by atoms with E-state index in [1.54, 1.807) is 0 Å². The zero-order valence-electron chi connectivity index (χ0n) is 11.4. The third-order valence-corrected chi connectivity index (χ3v) is 4.63. The van der Waals surface area contributed by atoms with E-state index in [1.165, 1.54) is 38.9 Å². The Kier molecular flexibility index (Phi) is 5.30. The molecule has 2 N–H and O–H groups in total. The summed E-state index contributed by atoms with van der Waals surface area (Å²) in [4.78, 5) is 16.1. The molecule has 0 saturated carbocycles. The number of urea groups is 1. The molecule has 0 aromatic carbocycles. The molecule has 0 aromatic heterocycles. The van der Waals surface area contributed by atoms with E-state index in [9.17, 15) is 4.79 Å². The number of carbonyl (C=O) groups is 1. The highest BCUT2D eigenvalue weighted by Crippen LogP contribution is 2.19. The second-order valence-corrected chi connectivity index (χ2v) is 5.82. The lowest BCUT2D eigenvalue weighted by Crippen LogP contribution is -2.52. The second kappa shape index (κ2) is 6.77. The number of nitrogens with zero attached hydrogens (tertiary/aromatic N) is 2. The van der Waals surface area contributed by atoms with Crippen molar-refractivity contribution in [2.24, 2.45) is 5.92 Å². The van der Waals surface area contributed by atoms with Crippen LogP contribution in [0.2, 0.25) is 0 Å². The molecule has 0 spiro atoms. The van der Waals surface area contributed by atoms with E-state index in [0.717, 1.165) is 32.1 Å². The normalized spacial score (nSPS) is 28.7. The fraction of sp³-hybridized carbons (Fsp3) is 0.923. The van der Waals surface area contributed by atoms with Crippen LogP contribution in [0.15, 0.2) is 0 Å². The van der Waals surface area contributed by atoms with Crippen molar-refractivity contribution in [2.45, 2.75) is 25.3 Å². The van der Waals surface area contributed by atoms with Crippen LogP contribution in [0.25, 0.3) is 0 Å². The smallest absolute Gasteiger partial charge is 0.317 e. The van der Waals surface area contributed by atoms with Crippen LogP contribution >= 0.6 is 12.4 Å². The van der Waals surface area contributed by atoms with Crippen molar-refractivity contribution in [3.63, 3.8) is 0 Å². The van der Waals surface area contributed by atoms with Gasteiger partial charge in [-0.05, 0) is 44.8 Å². The van der Waals surface area contributed by atoms with Gasteiger partial charge in [-0.3, -0.25) is 4.90 Å². The van der Waals surface area contributed by atoms with Gasteiger partial charge in [0, 0.05) is 26.2 Å². The summed E-state index contributed by atoms with van der Waals surface area (Å²) in [5, 5.41) is 6.36. The Labute approximate surface area is 121 Å². The maximum absolute atomic E-state index is 11.5. The lowest BCUT2D eigenvalue weighted by molar-refractivity contribution is 0.114. The van der Waals surface area contributed by atoms with Gasteiger partial charge in [-0.15, -0.1) is 12.4 Å². The molecule has 110 valence electrons. The highest BCUT2D eigenvalue weighted by Gasteiger charge is 2.35. The first-order valence-corrected chi connectivity index (χ1v) is 7.30. The largest absolute Gasteiger partial charge is 0.336 e. The van der Waals surface area contributed by atoms with Crippen LogP contribution in [0, 0.1) is 5.92 Å². The second-order valence-electron chi connectivity index (χ2n) is 5.82. The third kappa shape index (κ3) is 3.52. The molecular formula is C13H25ClN4O. The van der Waals surface area contributed by atoms with Crippen LogP contribution in [0.5, 0.6) is 0 Å². The molecule has 1 atom stereocenters. The molecule has 3 heterocycles. The fourth-order valence-corrected chi connectivity index (χ4v) is 3.41. The molecule has 3 saturated heterocycles. The molecule has 3 aliphatic heterocycles. The number of piperidine rings is 1. The van der Waals surface area contributed by atoms with Crippen molar-refractivity contribution in [1.29, 1.82) is 0 Å². The molecule has 6 heteroatoms.